The quantitative estimate of drug-likeness (QED) is 0.875. The summed E-state index contributed by atoms with van der Waals surface area (Å²) in [6.45, 7) is 2.03. The molecule has 7 heteroatoms. The molecule has 1 aromatic carbocycles. The first-order valence-corrected chi connectivity index (χ1v) is 8.38. The van der Waals surface area contributed by atoms with Crippen molar-refractivity contribution in [3.63, 3.8) is 0 Å². The first-order valence-electron chi connectivity index (χ1n) is 8.00. The molecular formula is C18H20Cl2FN3O. The van der Waals surface area contributed by atoms with Crippen LogP contribution in [0.15, 0.2) is 42.7 Å². The number of pyridine rings is 1. The van der Waals surface area contributed by atoms with Crippen molar-refractivity contribution in [2.24, 2.45) is 0 Å². The molecule has 25 heavy (non-hydrogen) atoms. The maximum absolute atomic E-state index is 13.4. The van der Waals surface area contributed by atoms with Crippen LogP contribution in [-0.4, -0.2) is 34.9 Å². The predicted octanol–water partition coefficient (Wildman–Crippen LogP) is 3.69. The van der Waals surface area contributed by atoms with Crippen molar-refractivity contribution in [2.75, 3.05) is 13.1 Å². The van der Waals surface area contributed by atoms with E-state index in [0.717, 1.165) is 18.4 Å². The molecular weight excluding hydrogens is 364 g/mol. The Morgan fingerprint density at radius 1 is 1.24 bits per heavy atom. The van der Waals surface area contributed by atoms with Crippen LogP contribution in [0.25, 0.3) is 0 Å². The molecule has 4 nitrogen and oxygen atoms in total. The average Bonchev–Trinajstić information content (AvgIpc) is 2.63. The molecule has 1 aromatic heterocycles. The van der Waals surface area contributed by atoms with E-state index in [2.05, 4.69) is 10.3 Å². The van der Waals surface area contributed by atoms with E-state index < -0.39 is 5.82 Å². The lowest BCUT2D eigenvalue weighted by molar-refractivity contribution is 0.0704. The van der Waals surface area contributed by atoms with Crippen LogP contribution in [0.5, 0.6) is 0 Å². The Balaban J connectivity index is 0.00000225. The fourth-order valence-electron chi connectivity index (χ4n) is 2.88. The molecule has 0 spiro atoms. The molecule has 0 saturated carbocycles. The first-order chi connectivity index (χ1) is 11.6. The smallest absolute Gasteiger partial charge is 0.253 e. The van der Waals surface area contributed by atoms with Gasteiger partial charge in [0.05, 0.1) is 5.02 Å². The number of hydrogen-bond acceptors (Lipinski definition) is 3. The van der Waals surface area contributed by atoms with Gasteiger partial charge < -0.3 is 10.2 Å². The van der Waals surface area contributed by atoms with Gasteiger partial charge in [0.15, 0.2) is 0 Å². The Hall–Kier alpha value is -1.69. The summed E-state index contributed by atoms with van der Waals surface area (Å²) < 4.78 is 13.4. The topological polar surface area (TPSA) is 45.2 Å². The number of rotatable bonds is 4. The average molecular weight is 384 g/mol. The molecule has 1 aliphatic heterocycles. The van der Waals surface area contributed by atoms with Crippen LogP contribution in [0.3, 0.4) is 0 Å². The van der Waals surface area contributed by atoms with Gasteiger partial charge in [-0.1, -0.05) is 17.7 Å². The van der Waals surface area contributed by atoms with Gasteiger partial charge in [0.1, 0.15) is 5.82 Å². The van der Waals surface area contributed by atoms with Crippen LogP contribution in [-0.2, 0) is 6.54 Å². The number of nitrogens with zero attached hydrogens (tertiary/aromatic N) is 2. The van der Waals surface area contributed by atoms with Gasteiger partial charge in [0.25, 0.3) is 5.91 Å². The number of halogens is 3. The number of carbonyl (C=O) groups excluding carboxylic acids is 1. The minimum atomic E-state index is -0.395. The lowest BCUT2D eigenvalue weighted by Gasteiger charge is -2.32. The van der Waals surface area contributed by atoms with Gasteiger partial charge in [-0.3, -0.25) is 9.78 Å². The molecule has 0 bridgehead atoms. The number of piperidine rings is 1. The van der Waals surface area contributed by atoms with Crippen molar-refractivity contribution in [3.8, 4) is 0 Å². The summed E-state index contributed by atoms with van der Waals surface area (Å²) in [5, 5.41) is 3.57. The number of carbonyl (C=O) groups is 1. The second kappa shape index (κ2) is 9.13. The van der Waals surface area contributed by atoms with Crippen LogP contribution in [0.1, 0.15) is 28.8 Å². The first kappa shape index (κ1) is 19.6. The molecule has 3 rings (SSSR count). The van der Waals surface area contributed by atoms with Gasteiger partial charge in [-0.05, 0) is 42.7 Å². The normalized spacial score (nSPS) is 14.9. The van der Waals surface area contributed by atoms with E-state index in [1.54, 1.807) is 30.6 Å². The summed E-state index contributed by atoms with van der Waals surface area (Å²) >= 11 is 5.69. The minimum absolute atomic E-state index is 0. The van der Waals surface area contributed by atoms with Crippen LogP contribution < -0.4 is 5.32 Å². The summed E-state index contributed by atoms with van der Waals surface area (Å²) in [4.78, 5) is 18.2. The van der Waals surface area contributed by atoms with E-state index in [4.69, 9.17) is 11.6 Å². The highest BCUT2D eigenvalue weighted by atomic mass is 35.5. The lowest BCUT2D eigenvalue weighted by Crippen LogP contribution is -2.44. The van der Waals surface area contributed by atoms with E-state index in [-0.39, 0.29) is 23.3 Å². The fourth-order valence-corrected chi connectivity index (χ4v) is 2.99. The molecule has 0 aliphatic carbocycles. The Morgan fingerprint density at radius 2 is 1.92 bits per heavy atom. The van der Waals surface area contributed by atoms with Crippen molar-refractivity contribution >= 4 is 29.9 Å². The molecule has 2 heterocycles. The number of likely N-dealkylation sites (tertiary alicyclic amines) is 1. The van der Waals surface area contributed by atoms with E-state index in [0.29, 0.717) is 31.2 Å². The highest BCUT2D eigenvalue weighted by molar-refractivity contribution is 6.30. The second-order valence-corrected chi connectivity index (χ2v) is 6.34. The number of nitrogens with one attached hydrogen (secondary N) is 1. The molecule has 1 fully saturated rings. The number of hydrogen-bond donors (Lipinski definition) is 1. The van der Waals surface area contributed by atoms with Gasteiger partial charge >= 0.3 is 0 Å². The molecule has 0 unspecified atom stereocenters. The third kappa shape index (κ3) is 5.14. The molecule has 0 atom stereocenters. The van der Waals surface area contributed by atoms with Crippen LogP contribution >= 0.6 is 24.0 Å². The lowest BCUT2D eigenvalue weighted by atomic mass is 10.0. The number of aromatic nitrogens is 1. The van der Waals surface area contributed by atoms with Crippen molar-refractivity contribution in [3.05, 3.63) is 64.7 Å². The monoisotopic (exact) mass is 383 g/mol. The summed E-state index contributed by atoms with van der Waals surface area (Å²) in [6, 6.07) is 8.65. The highest BCUT2D eigenvalue weighted by Gasteiger charge is 2.23. The van der Waals surface area contributed by atoms with Gasteiger partial charge in [-0.2, -0.15) is 0 Å². The molecule has 1 amide bonds. The molecule has 1 aliphatic rings. The SMILES string of the molecule is Cl.O=C(c1ccncc1)N1CCC(NCc2ccc(Cl)c(F)c2)CC1. The summed E-state index contributed by atoms with van der Waals surface area (Å²) in [5.41, 5.74) is 1.54. The van der Waals surface area contributed by atoms with Crippen molar-refractivity contribution < 1.29 is 9.18 Å². The van der Waals surface area contributed by atoms with Gasteiger partial charge in [-0.25, -0.2) is 4.39 Å². The standard InChI is InChI=1S/C18H19ClFN3O.ClH/c19-16-2-1-13(11-17(16)20)12-22-15-5-9-23(10-6-15)18(24)14-3-7-21-8-4-14;/h1-4,7-8,11,15,22H,5-6,9-10,12H2;1H. The second-order valence-electron chi connectivity index (χ2n) is 5.93. The molecule has 1 N–H and O–H groups in total. The van der Waals surface area contributed by atoms with Gasteiger partial charge in [0, 0.05) is 43.6 Å². The Bertz CT molecular complexity index is 707. The zero-order valence-electron chi connectivity index (χ0n) is 13.6. The molecule has 134 valence electrons. The van der Waals surface area contributed by atoms with Crippen LogP contribution in [0.2, 0.25) is 5.02 Å². The Labute approximate surface area is 157 Å². The fraction of sp³-hybridized carbons (Fsp3) is 0.333. The third-order valence-electron chi connectivity index (χ3n) is 4.29. The molecule has 1 saturated heterocycles. The van der Waals surface area contributed by atoms with E-state index >= 15 is 0 Å². The third-order valence-corrected chi connectivity index (χ3v) is 4.59. The summed E-state index contributed by atoms with van der Waals surface area (Å²) in [6.07, 6.45) is 5.03. The summed E-state index contributed by atoms with van der Waals surface area (Å²) in [7, 11) is 0. The summed E-state index contributed by atoms with van der Waals surface area (Å²) in [5.74, 6) is -0.343. The van der Waals surface area contributed by atoms with E-state index in [9.17, 15) is 9.18 Å². The van der Waals surface area contributed by atoms with E-state index in [1.165, 1.54) is 6.07 Å². The highest BCUT2D eigenvalue weighted by Crippen LogP contribution is 2.17. The van der Waals surface area contributed by atoms with E-state index in [1.807, 2.05) is 11.0 Å². The zero-order valence-corrected chi connectivity index (χ0v) is 15.2. The van der Waals surface area contributed by atoms with Gasteiger partial charge in [-0.15, -0.1) is 12.4 Å². The number of benzene rings is 1. The zero-order chi connectivity index (χ0) is 16.9. The maximum atomic E-state index is 13.4. The maximum Gasteiger partial charge on any atom is 0.253 e. The van der Waals surface area contributed by atoms with Crippen molar-refractivity contribution in [1.29, 1.82) is 0 Å². The van der Waals surface area contributed by atoms with Crippen LogP contribution in [0.4, 0.5) is 4.39 Å². The molecule has 0 radical (unpaired) electrons. The predicted molar refractivity (Wildman–Crippen MR) is 98.7 cm³/mol. The minimum Gasteiger partial charge on any atom is -0.339 e. The van der Waals surface area contributed by atoms with Gasteiger partial charge in [0.2, 0.25) is 0 Å². The van der Waals surface area contributed by atoms with Crippen molar-refractivity contribution in [1.82, 2.24) is 15.2 Å². The largest absolute Gasteiger partial charge is 0.339 e. The molecule has 2 aromatic rings. The van der Waals surface area contributed by atoms with Crippen LogP contribution in [0, 0.1) is 5.82 Å². The van der Waals surface area contributed by atoms with Crippen molar-refractivity contribution in [2.45, 2.75) is 25.4 Å². The Kier molecular flexibility index (Phi) is 7.17. The Morgan fingerprint density at radius 3 is 2.56 bits per heavy atom. The number of amides is 1.